The Morgan fingerprint density at radius 1 is 1.17 bits per heavy atom. The van der Waals surface area contributed by atoms with Crippen LogP contribution in [-0.2, 0) is 10.0 Å². The van der Waals surface area contributed by atoms with Gasteiger partial charge in [0.2, 0.25) is 10.0 Å². The van der Waals surface area contributed by atoms with E-state index < -0.39 is 10.0 Å². The summed E-state index contributed by atoms with van der Waals surface area (Å²) in [6.07, 6.45) is 3.27. The van der Waals surface area contributed by atoms with E-state index in [2.05, 4.69) is 20.0 Å². The van der Waals surface area contributed by atoms with Gasteiger partial charge in [-0.3, -0.25) is 4.79 Å². The average molecular weight is 332 g/mol. The van der Waals surface area contributed by atoms with Crippen molar-refractivity contribution in [2.24, 2.45) is 0 Å². The van der Waals surface area contributed by atoms with Crippen molar-refractivity contribution in [2.75, 3.05) is 5.32 Å². The van der Waals surface area contributed by atoms with Crippen LogP contribution in [0.25, 0.3) is 0 Å². The lowest BCUT2D eigenvalue weighted by Crippen LogP contribution is -2.25. The van der Waals surface area contributed by atoms with Crippen LogP contribution < -0.4 is 10.0 Å². The van der Waals surface area contributed by atoms with E-state index in [-0.39, 0.29) is 22.5 Å². The highest BCUT2D eigenvalue weighted by molar-refractivity contribution is 7.89. The van der Waals surface area contributed by atoms with Gasteiger partial charge in [-0.2, -0.15) is 0 Å². The highest BCUT2D eigenvalue weighted by atomic mass is 32.2. The Morgan fingerprint density at radius 3 is 2.48 bits per heavy atom. The molecule has 1 aromatic carbocycles. The molecular weight excluding hydrogens is 316 g/mol. The van der Waals surface area contributed by atoms with Crippen molar-refractivity contribution in [3.05, 3.63) is 48.0 Å². The zero-order valence-corrected chi connectivity index (χ0v) is 13.3. The molecule has 1 aliphatic carbocycles. The number of carbonyl (C=O) groups excluding carboxylic acids is 1. The number of nitrogens with one attached hydrogen (secondary N) is 2. The molecule has 0 unspecified atom stereocenters. The molecule has 2 aromatic rings. The molecule has 1 aromatic heterocycles. The van der Waals surface area contributed by atoms with Gasteiger partial charge < -0.3 is 5.32 Å². The van der Waals surface area contributed by atoms with Gasteiger partial charge in [0.05, 0.1) is 4.90 Å². The van der Waals surface area contributed by atoms with E-state index >= 15 is 0 Å². The molecule has 0 bridgehead atoms. The number of nitrogens with zero attached hydrogens (tertiary/aromatic N) is 2. The fourth-order valence-electron chi connectivity index (χ4n) is 1.98. The molecule has 0 atom stereocenters. The lowest BCUT2D eigenvalue weighted by Gasteiger charge is -2.08. The molecule has 1 aliphatic rings. The number of benzene rings is 1. The van der Waals surface area contributed by atoms with Crippen molar-refractivity contribution in [1.29, 1.82) is 0 Å². The summed E-state index contributed by atoms with van der Waals surface area (Å²) < 4.78 is 26.7. The van der Waals surface area contributed by atoms with E-state index in [4.69, 9.17) is 0 Å². The average Bonchev–Trinajstić information content (AvgIpc) is 3.31. The summed E-state index contributed by atoms with van der Waals surface area (Å²) in [5.41, 5.74) is 0.751. The minimum Gasteiger partial charge on any atom is -0.321 e. The number of anilines is 1. The lowest BCUT2D eigenvalue weighted by atomic mass is 10.3. The van der Waals surface area contributed by atoms with Gasteiger partial charge in [-0.05, 0) is 50.1 Å². The summed E-state index contributed by atoms with van der Waals surface area (Å²) in [7, 11) is -3.48. The monoisotopic (exact) mass is 332 g/mol. The second-order valence-corrected chi connectivity index (χ2v) is 7.08. The van der Waals surface area contributed by atoms with Crippen molar-refractivity contribution in [1.82, 2.24) is 14.7 Å². The van der Waals surface area contributed by atoms with Crippen LogP contribution in [-0.4, -0.2) is 30.3 Å². The van der Waals surface area contributed by atoms with Crippen molar-refractivity contribution in [2.45, 2.75) is 30.7 Å². The molecule has 1 amide bonds. The largest absolute Gasteiger partial charge is 0.321 e. The lowest BCUT2D eigenvalue weighted by molar-refractivity contribution is 0.102. The minimum atomic E-state index is -3.48. The van der Waals surface area contributed by atoms with E-state index in [9.17, 15) is 13.2 Å². The molecule has 0 radical (unpaired) electrons. The highest BCUT2D eigenvalue weighted by Crippen LogP contribution is 2.22. The van der Waals surface area contributed by atoms with Crippen molar-refractivity contribution < 1.29 is 13.2 Å². The van der Waals surface area contributed by atoms with Crippen LogP contribution in [0.5, 0.6) is 0 Å². The zero-order chi connectivity index (χ0) is 16.4. The first-order valence-electron chi connectivity index (χ1n) is 7.17. The highest BCUT2D eigenvalue weighted by Gasteiger charge is 2.27. The normalized spacial score (nSPS) is 14.5. The van der Waals surface area contributed by atoms with Gasteiger partial charge >= 0.3 is 0 Å². The van der Waals surface area contributed by atoms with Gasteiger partial charge in [0, 0.05) is 17.9 Å². The smallest absolute Gasteiger partial charge is 0.274 e. The van der Waals surface area contributed by atoms with Gasteiger partial charge in [0.15, 0.2) is 0 Å². The van der Waals surface area contributed by atoms with Crippen molar-refractivity contribution in [3.8, 4) is 0 Å². The number of hydrogen-bond acceptors (Lipinski definition) is 5. The Labute approximate surface area is 134 Å². The van der Waals surface area contributed by atoms with Crippen molar-refractivity contribution >= 4 is 21.6 Å². The first kappa shape index (κ1) is 15.6. The number of rotatable bonds is 5. The van der Waals surface area contributed by atoms with Gasteiger partial charge in [0.1, 0.15) is 11.5 Å². The maximum absolute atomic E-state index is 12.1. The second kappa shape index (κ2) is 6.05. The SMILES string of the molecule is Cc1nccc(C(=O)Nc2ccc(S(=O)(=O)NC3CC3)cc2)n1. The number of aromatic nitrogens is 2. The van der Waals surface area contributed by atoms with Crippen LogP contribution in [0.4, 0.5) is 5.69 Å². The van der Waals surface area contributed by atoms with E-state index in [1.165, 1.54) is 24.4 Å². The van der Waals surface area contributed by atoms with Crippen LogP contribution >= 0.6 is 0 Å². The van der Waals surface area contributed by atoms with E-state index in [0.717, 1.165) is 12.8 Å². The number of carbonyl (C=O) groups is 1. The minimum absolute atomic E-state index is 0.0559. The Hall–Kier alpha value is -2.32. The van der Waals surface area contributed by atoms with Crippen molar-refractivity contribution in [3.63, 3.8) is 0 Å². The fourth-order valence-corrected chi connectivity index (χ4v) is 3.29. The summed E-state index contributed by atoms with van der Waals surface area (Å²) in [4.78, 5) is 20.2. The first-order chi connectivity index (χ1) is 10.9. The van der Waals surface area contributed by atoms with Crippen LogP contribution in [0.2, 0.25) is 0 Å². The maximum Gasteiger partial charge on any atom is 0.274 e. The van der Waals surface area contributed by atoms with Gasteiger partial charge in [0.25, 0.3) is 5.91 Å². The molecule has 1 saturated carbocycles. The van der Waals surface area contributed by atoms with Gasteiger partial charge in [-0.25, -0.2) is 23.1 Å². The number of sulfonamides is 1. The fraction of sp³-hybridized carbons (Fsp3) is 0.267. The molecular formula is C15H16N4O3S. The summed E-state index contributed by atoms with van der Waals surface area (Å²) in [5, 5.41) is 2.67. The van der Waals surface area contributed by atoms with Gasteiger partial charge in [-0.15, -0.1) is 0 Å². The zero-order valence-electron chi connectivity index (χ0n) is 12.5. The predicted octanol–water partition coefficient (Wildman–Crippen LogP) is 1.48. The number of hydrogen-bond donors (Lipinski definition) is 2. The van der Waals surface area contributed by atoms with E-state index in [1.807, 2.05) is 0 Å². The molecule has 7 nitrogen and oxygen atoms in total. The molecule has 8 heteroatoms. The molecule has 0 spiro atoms. The molecule has 2 N–H and O–H groups in total. The summed E-state index contributed by atoms with van der Waals surface area (Å²) >= 11 is 0. The summed E-state index contributed by atoms with van der Waals surface area (Å²) in [6, 6.07) is 7.60. The van der Waals surface area contributed by atoms with E-state index in [0.29, 0.717) is 11.5 Å². The molecule has 23 heavy (non-hydrogen) atoms. The Balaban J connectivity index is 1.71. The third-order valence-electron chi connectivity index (χ3n) is 3.33. The Kier molecular flexibility index (Phi) is 4.10. The second-order valence-electron chi connectivity index (χ2n) is 5.36. The Morgan fingerprint density at radius 2 is 1.87 bits per heavy atom. The standard InChI is InChI=1S/C15H16N4O3S/c1-10-16-9-8-14(17-10)15(20)18-11-4-6-13(7-5-11)23(21,22)19-12-2-3-12/h4-9,12,19H,2-3H2,1H3,(H,18,20). The Bertz CT molecular complexity index is 830. The summed E-state index contributed by atoms with van der Waals surface area (Å²) in [6.45, 7) is 1.70. The van der Waals surface area contributed by atoms with Crippen LogP contribution in [0.3, 0.4) is 0 Å². The maximum atomic E-state index is 12.1. The third kappa shape index (κ3) is 3.91. The number of amides is 1. The molecule has 120 valence electrons. The molecule has 1 fully saturated rings. The topological polar surface area (TPSA) is 101 Å². The molecule has 3 rings (SSSR count). The van der Waals surface area contributed by atoms with Crippen LogP contribution in [0.1, 0.15) is 29.2 Å². The quantitative estimate of drug-likeness (QED) is 0.863. The molecule has 0 saturated heterocycles. The van der Waals surface area contributed by atoms with Gasteiger partial charge in [-0.1, -0.05) is 0 Å². The summed E-state index contributed by atoms with van der Waals surface area (Å²) in [5.74, 6) is 0.132. The predicted molar refractivity (Wildman–Crippen MR) is 84.5 cm³/mol. The van der Waals surface area contributed by atoms with Crippen LogP contribution in [0, 0.1) is 6.92 Å². The molecule has 1 heterocycles. The van der Waals surface area contributed by atoms with E-state index in [1.54, 1.807) is 19.1 Å². The number of aryl methyl sites for hydroxylation is 1. The van der Waals surface area contributed by atoms with Crippen LogP contribution in [0.15, 0.2) is 41.4 Å². The third-order valence-corrected chi connectivity index (χ3v) is 4.87. The first-order valence-corrected chi connectivity index (χ1v) is 8.66. The molecule has 0 aliphatic heterocycles.